The molecule has 0 aliphatic carbocycles. The first kappa shape index (κ1) is 20.9. The van der Waals surface area contributed by atoms with E-state index >= 15 is 0 Å². The number of ether oxygens (including phenoxy) is 1. The molecule has 7 nitrogen and oxygen atoms in total. The summed E-state index contributed by atoms with van der Waals surface area (Å²) in [5.74, 6) is 0.209. The van der Waals surface area contributed by atoms with Crippen molar-refractivity contribution in [3.05, 3.63) is 70.4 Å². The van der Waals surface area contributed by atoms with Crippen molar-refractivity contribution in [3.8, 4) is 5.75 Å². The van der Waals surface area contributed by atoms with Crippen LogP contribution in [0.3, 0.4) is 0 Å². The van der Waals surface area contributed by atoms with E-state index in [0.717, 1.165) is 15.4 Å². The molecule has 0 saturated heterocycles. The number of aryl methyl sites for hydroxylation is 1. The van der Waals surface area contributed by atoms with Crippen LogP contribution in [0.5, 0.6) is 5.75 Å². The lowest BCUT2D eigenvalue weighted by Crippen LogP contribution is -2.32. The molecule has 3 rings (SSSR count). The lowest BCUT2D eigenvalue weighted by atomic mass is 10.1. The van der Waals surface area contributed by atoms with Crippen LogP contribution in [0.15, 0.2) is 58.6 Å². The molecule has 0 radical (unpaired) electrons. The highest BCUT2D eigenvalue weighted by molar-refractivity contribution is 7.88. The normalized spacial score (nSPS) is 15.4. The van der Waals surface area contributed by atoms with Gasteiger partial charge in [-0.1, -0.05) is 23.7 Å². The number of nitrogens with one attached hydrogen (secondary N) is 1. The maximum absolute atomic E-state index is 12.7. The summed E-state index contributed by atoms with van der Waals surface area (Å²) in [5.41, 5.74) is 2.39. The van der Waals surface area contributed by atoms with Crippen molar-refractivity contribution < 1.29 is 17.9 Å². The first-order valence-corrected chi connectivity index (χ1v) is 10.5. The number of hydrogen-bond donors (Lipinski definition) is 1. The van der Waals surface area contributed by atoms with E-state index in [-0.39, 0.29) is 17.8 Å². The van der Waals surface area contributed by atoms with E-state index in [2.05, 4.69) is 9.71 Å². The molecule has 0 atom stereocenters. The number of nitrogens with zero attached hydrogens (tertiary/aromatic N) is 2. The lowest BCUT2D eigenvalue weighted by molar-refractivity contribution is -0.112. The van der Waals surface area contributed by atoms with E-state index in [4.69, 9.17) is 16.3 Å². The molecule has 0 aromatic heterocycles. The largest absolute Gasteiger partial charge is 0.497 e. The summed E-state index contributed by atoms with van der Waals surface area (Å²) < 4.78 is 34.8. The fourth-order valence-electron chi connectivity index (χ4n) is 2.76. The fraction of sp³-hybridized carbons (Fsp3) is 0.200. The average Bonchev–Trinajstić information content (AvgIpc) is 2.67. The summed E-state index contributed by atoms with van der Waals surface area (Å²) in [7, 11) is -2.37. The molecular formula is C20H20ClN3O4S. The second-order valence-corrected chi connectivity index (χ2v) is 8.46. The van der Waals surface area contributed by atoms with E-state index in [0.29, 0.717) is 16.5 Å². The Labute approximate surface area is 174 Å². The molecule has 1 aliphatic rings. The van der Waals surface area contributed by atoms with Crippen LogP contribution in [0.2, 0.25) is 5.02 Å². The Morgan fingerprint density at radius 1 is 1.17 bits per heavy atom. The SMILES string of the molecule is COc1ccc(CN2C=C(C(=O)Nc3ccc(Cl)c(C)c3)C(C)=NS2(=O)=O)cc1. The molecule has 2 aromatic rings. The van der Waals surface area contributed by atoms with Crippen LogP contribution < -0.4 is 10.1 Å². The number of carbonyl (C=O) groups excluding carboxylic acids is 1. The molecular weight excluding hydrogens is 414 g/mol. The molecule has 0 fully saturated rings. The third kappa shape index (κ3) is 4.78. The standard InChI is InChI=1S/C20H20ClN3O4S/c1-13-10-16(6-9-19(13)21)22-20(25)18-12-24(29(26,27)23-14(18)2)11-15-4-7-17(28-3)8-5-15/h4-10,12H,11H2,1-3H3,(H,22,25). The van der Waals surface area contributed by atoms with Crippen molar-refractivity contribution in [2.75, 3.05) is 12.4 Å². The van der Waals surface area contributed by atoms with Gasteiger partial charge < -0.3 is 10.1 Å². The van der Waals surface area contributed by atoms with E-state index in [1.807, 2.05) is 6.92 Å². The molecule has 0 bridgehead atoms. The highest BCUT2D eigenvalue weighted by Crippen LogP contribution is 2.23. The van der Waals surface area contributed by atoms with Crippen LogP contribution >= 0.6 is 11.6 Å². The van der Waals surface area contributed by atoms with Crippen molar-refractivity contribution in [1.29, 1.82) is 0 Å². The molecule has 1 heterocycles. The van der Waals surface area contributed by atoms with Crippen molar-refractivity contribution in [2.24, 2.45) is 4.40 Å². The van der Waals surface area contributed by atoms with Crippen molar-refractivity contribution >= 4 is 39.1 Å². The van der Waals surface area contributed by atoms with Crippen LogP contribution in [-0.2, 0) is 21.5 Å². The van der Waals surface area contributed by atoms with Gasteiger partial charge in [0.2, 0.25) is 0 Å². The van der Waals surface area contributed by atoms with Gasteiger partial charge in [0.15, 0.2) is 0 Å². The molecule has 9 heteroatoms. The van der Waals surface area contributed by atoms with Gasteiger partial charge >= 0.3 is 10.2 Å². The maximum Gasteiger partial charge on any atom is 0.344 e. The Kier molecular flexibility index (Phi) is 5.95. The summed E-state index contributed by atoms with van der Waals surface area (Å²) in [5, 5.41) is 3.34. The van der Waals surface area contributed by atoms with Crippen molar-refractivity contribution in [2.45, 2.75) is 20.4 Å². The third-order valence-electron chi connectivity index (χ3n) is 4.37. The first-order chi connectivity index (χ1) is 13.7. The van der Waals surface area contributed by atoms with Gasteiger partial charge in [0.1, 0.15) is 5.75 Å². The second kappa shape index (κ2) is 8.26. The minimum absolute atomic E-state index is 0.0416. The van der Waals surface area contributed by atoms with Crippen molar-refractivity contribution in [1.82, 2.24) is 4.31 Å². The molecule has 1 N–H and O–H groups in total. The Hall–Kier alpha value is -2.84. The molecule has 1 aliphatic heterocycles. The predicted molar refractivity (Wildman–Crippen MR) is 113 cm³/mol. The van der Waals surface area contributed by atoms with Gasteiger partial charge in [-0.3, -0.25) is 9.10 Å². The summed E-state index contributed by atoms with van der Waals surface area (Å²) in [6, 6.07) is 12.1. The molecule has 2 aromatic carbocycles. The smallest absolute Gasteiger partial charge is 0.344 e. The predicted octanol–water partition coefficient (Wildman–Crippen LogP) is 3.70. The number of anilines is 1. The molecule has 29 heavy (non-hydrogen) atoms. The van der Waals surface area contributed by atoms with E-state index in [9.17, 15) is 13.2 Å². The summed E-state index contributed by atoms with van der Waals surface area (Å²) in [4.78, 5) is 12.7. The zero-order chi connectivity index (χ0) is 21.2. The Morgan fingerprint density at radius 3 is 2.48 bits per heavy atom. The molecule has 1 amide bonds. The number of halogens is 1. The fourth-order valence-corrected chi connectivity index (χ4v) is 3.98. The topological polar surface area (TPSA) is 88.1 Å². The van der Waals surface area contributed by atoms with Gasteiger partial charge in [-0.05, 0) is 55.3 Å². The minimum Gasteiger partial charge on any atom is -0.497 e. The monoisotopic (exact) mass is 433 g/mol. The number of hydrogen-bond acceptors (Lipinski definition) is 4. The number of benzene rings is 2. The summed E-state index contributed by atoms with van der Waals surface area (Å²) in [6.45, 7) is 3.36. The highest BCUT2D eigenvalue weighted by Gasteiger charge is 2.28. The molecule has 152 valence electrons. The van der Waals surface area contributed by atoms with Gasteiger partial charge in [-0.15, -0.1) is 4.40 Å². The number of rotatable bonds is 5. The van der Waals surface area contributed by atoms with Crippen LogP contribution in [0.4, 0.5) is 5.69 Å². The summed E-state index contributed by atoms with van der Waals surface area (Å²) >= 11 is 6.01. The number of amides is 1. The van der Waals surface area contributed by atoms with Gasteiger partial charge in [0.05, 0.1) is 24.9 Å². The van der Waals surface area contributed by atoms with Crippen LogP contribution in [0, 0.1) is 6.92 Å². The quantitative estimate of drug-likeness (QED) is 0.778. The Balaban J connectivity index is 1.85. The average molecular weight is 434 g/mol. The number of methoxy groups -OCH3 is 1. The first-order valence-electron chi connectivity index (χ1n) is 8.70. The van der Waals surface area contributed by atoms with Gasteiger partial charge in [-0.25, -0.2) is 0 Å². The molecule has 0 saturated carbocycles. The maximum atomic E-state index is 12.7. The van der Waals surface area contributed by atoms with Gasteiger partial charge in [-0.2, -0.15) is 8.42 Å². The van der Waals surface area contributed by atoms with E-state index < -0.39 is 16.1 Å². The Morgan fingerprint density at radius 2 is 1.86 bits per heavy atom. The third-order valence-corrected chi connectivity index (χ3v) is 6.13. The van der Waals surface area contributed by atoms with E-state index in [1.54, 1.807) is 49.6 Å². The van der Waals surface area contributed by atoms with Crippen LogP contribution in [0.25, 0.3) is 0 Å². The highest BCUT2D eigenvalue weighted by atomic mass is 35.5. The van der Waals surface area contributed by atoms with Gasteiger partial charge in [0, 0.05) is 16.9 Å². The van der Waals surface area contributed by atoms with Crippen LogP contribution in [0.1, 0.15) is 18.1 Å². The Bertz CT molecular complexity index is 1110. The molecule has 0 unspecified atom stereocenters. The number of carbonyl (C=O) groups is 1. The summed E-state index contributed by atoms with van der Waals surface area (Å²) in [6.07, 6.45) is 1.31. The van der Waals surface area contributed by atoms with Crippen molar-refractivity contribution in [3.63, 3.8) is 0 Å². The molecule has 0 spiro atoms. The van der Waals surface area contributed by atoms with Gasteiger partial charge in [0.25, 0.3) is 5.91 Å². The van der Waals surface area contributed by atoms with E-state index in [1.165, 1.54) is 13.1 Å². The lowest BCUT2D eigenvalue weighted by Gasteiger charge is -2.24. The van der Waals surface area contributed by atoms with Crippen LogP contribution in [-0.4, -0.2) is 31.5 Å². The second-order valence-electron chi connectivity index (χ2n) is 6.51. The minimum atomic E-state index is -3.92. The zero-order valence-corrected chi connectivity index (χ0v) is 17.7. The zero-order valence-electron chi connectivity index (χ0n) is 16.1.